The van der Waals surface area contributed by atoms with E-state index in [9.17, 15) is 4.79 Å². The van der Waals surface area contributed by atoms with Crippen LogP contribution in [0, 0.1) is 5.92 Å². The molecule has 0 radical (unpaired) electrons. The number of nitrogens with one attached hydrogen (secondary N) is 2. The molecular formula is C15H25N3O. The summed E-state index contributed by atoms with van der Waals surface area (Å²) in [5, 5.41) is 6.06. The smallest absolute Gasteiger partial charge is 0.316 e. The summed E-state index contributed by atoms with van der Waals surface area (Å²) in [6.45, 7) is 7.66. The second-order valence-electron chi connectivity index (χ2n) is 5.32. The maximum Gasteiger partial charge on any atom is 0.316 e. The van der Waals surface area contributed by atoms with Gasteiger partial charge in [0, 0.05) is 11.7 Å². The quantitative estimate of drug-likeness (QED) is 0.661. The highest BCUT2D eigenvalue weighted by Crippen LogP contribution is 2.16. The number of anilines is 1. The molecule has 1 unspecified atom stereocenters. The van der Waals surface area contributed by atoms with Crippen molar-refractivity contribution in [2.45, 2.75) is 39.7 Å². The molecule has 0 fully saturated rings. The Morgan fingerprint density at radius 3 is 2.37 bits per heavy atom. The van der Waals surface area contributed by atoms with Gasteiger partial charge in [0.25, 0.3) is 0 Å². The highest BCUT2D eigenvalue weighted by atomic mass is 16.2. The molecule has 1 aromatic rings. The second-order valence-corrected chi connectivity index (χ2v) is 5.32. The summed E-state index contributed by atoms with van der Waals surface area (Å²) in [6.07, 6.45) is 2.45. The molecule has 4 nitrogen and oxygen atoms in total. The largest absolute Gasteiger partial charge is 0.351 e. The van der Waals surface area contributed by atoms with Crippen molar-refractivity contribution in [2.24, 2.45) is 11.7 Å². The molecule has 19 heavy (non-hydrogen) atoms. The third-order valence-electron chi connectivity index (χ3n) is 3.09. The Kier molecular flexibility index (Phi) is 6.36. The van der Waals surface area contributed by atoms with Crippen molar-refractivity contribution in [1.82, 2.24) is 5.32 Å². The first-order chi connectivity index (χ1) is 8.99. The van der Waals surface area contributed by atoms with Crippen molar-refractivity contribution in [2.75, 3.05) is 11.9 Å². The maximum atomic E-state index is 10.7. The van der Waals surface area contributed by atoms with Crippen LogP contribution in [0.1, 0.15) is 45.2 Å². The molecule has 0 saturated carbocycles. The number of benzene rings is 1. The van der Waals surface area contributed by atoms with E-state index in [0.717, 1.165) is 18.2 Å². The van der Waals surface area contributed by atoms with Crippen LogP contribution in [0.3, 0.4) is 0 Å². The van der Waals surface area contributed by atoms with Crippen molar-refractivity contribution in [3.8, 4) is 0 Å². The molecule has 1 rings (SSSR count). The molecule has 2 amide bonds. The summed E-state index contributed by atoms with van der Waals surface area (Å²) in [6, 6.07) is 7.53. The van der Waals surface area contributed by atoms with E-state index in [2.05, 4.69) is 31.4 Å². The van der Waals surface area contributed by atoms with Crippen LogP contribution in [-0.4, -0.2) is 12.6 Å². The first-order valence-electron chi connectivity index (χ1n) is 6.89. The van der Waals surface area contributed by atoms with Crippen LogP contribution < -0.4 is 16.4 Å². The summed E-state index contributed by atoms with van der Waals surface area (Å²) in [5.74, 6) is 0.760. The average molecular weight is 263 g/mol. The van der Waals surface area contributed by atoms with Crippen molar-refractivity contribution in [1.29, 1.82) is 0 Å². The summed E-state index contributed by atoms with van der Waals surface area (Å²) in [4.78, 5) is 10.7. The Morgan fingerprint density at radius 2 is 1.84 bits per heavy atom. The van der Waals surface area contributed by atoms with Gasteiger partial charge in [-0.2, -0.15) is 0 Å². The Hall–Kier alpha value is -1.55. The average Bonchev–Trinajstić information content (AvgIpc) is 2.34. The van der Waals surface area contributed by atoms with Gasteiger partial charge in [-0.25, -0.2) is 4.79 Å². The van der Waals surface area contributed by atoms with Gasteiger partial charge in [-0.05, 0) is 49.9 Å². The van der Waals surface area contributed by atoms with Crippen LogP contribution in [0.25, 0.3) is 0 Å². The lowest BCUT2D eigenvalue weighted by Crippen LogP contribution is -2.21. The monoisotopic (exact) mass is 263 g/mol. The van der Waals surface area contributed by atoms with E-state index >= 15 is 0 Å². The normalized spacial score (nSPS) is 12.4. The SMILES string of the molecule is CC(C)CCCNC(C)c1ccc(NC(N)=O)cc1. The molecule has 0 spiro atoms. The Balaban J connectivity index is 2.39. The van der Waals surface area contributed by atoms with E-state index < -0.39 is 6.03 Å². The third kappa shape index (κ3) is 6.25. The number of hydrogen-bond donors (Lipinski definition) is 3. The third-order valence-corrected chi connectivity index (χ3v) is 3.09. The Bertz CT molecular complexity index is 387. The lowest BCUT2D eigenvalue weighted by atomic mass is 10.1. The van der Waals surface area contributed by atoms with Gasteiger partial charge in [0.15, 0.2) is 0 Å². The van der Waals surface area contributed by atoms with Crippen LogP contribution in [-0.2, 0) is 0 Å². The minimum absolute atomic E-state index is 0.315. The van der Waals surface area contributed by atoms with Crippen LogP contribution in [0.2, 0.25) is 0 Å². The van der Waals surface area contributed by atoms with Crippen molar-refractivity contribution in [3.05, 3.63) is 29.8 Å². The van der Waals surface area contributed by atoms with Gasteiger partial charge in [-0.3, -0.25) is 0 Å². The first kappa shape index (κ1) is 15.5. The van der Waals surface area contributed by atoms with Crippen LogP contribution in [0.4, 0.5) is 10.5 Å². The summed E-state index contributed by atoms with van der Waals surface area (Å²) in [5.41, 5.74) is 7.00. The van der Waals surface area contributed by atoms with Crippen LogP contribution in [0.5, 0.6) is 0 Å². The zero-order valence-corrected chi connectivity index (χ0v) is 12.1. The van der Waals surface area contributed by atoms with Gasteiger partial charge in [0.1, 0.15) is 0 Å². The zero-order chi connectivity index (χ0) is 14.3. The number of urea groups is 1. The predicted molar refractivity (Wildman–Crippen MR) is 80.1 cm³/mol. The molecule has 0 aliphatic carbocycles. The van der Waals surface area contributed by atoms with Gasteiger partial charge in [-0.1, -0.05) is 26.0 Å². The van der Waals surface area contributed by atoms with Gasteiger partial charge >= 0.3 is 6.03 Å². The molecule has 0 saturated heterocycles. The lowest BCUT2D eigenvalue weighted by Gasteiger charge is -2.15. The highest BCUT2D eigenvalue weighted by molar-refractivity contribution is 5.87. The number of carbonyl (C=O) groups is 1. The van der Waals surface area contributed by atoms with E-state index in [1.54, 1.807) is 0 Å². The van der Waals surface area contributed by atoms with E-state index in [0.29, 0.717) is 6.04 Å². The molecule has 1 aromatic carbocycles. The van der Waals surface area contributed by atoms with Gasteiger partial charge in [0.05, 0.1) is 0 Å². The molecule has 0 aliphatic heterocycles. The fraction of sp³-hybridized carbons (Fsp3) is 0.533. The Morgan fingerprint density at radius 1 is 1.21 bits per heavy atom. The van der Waals surface area contributed by atoms with E-state index in [-0.39, 0.29) is 0 Å². The minimum Gasteiger partial charge on any atom is -0.351 e. The molecule has 0 bridgehead atoms. The predicted octanol–water partition coefficient (Wildman–Crippen LogP) is 3.26. The standard InChI is InChI=1S/C15H25N3O/c1-11(2)5-4-10-17-12(3)13-6-8-14(9-7-13)18-15(16)19/h6-9,11-12,17H,4-5,10H2,1-3H3,(H3,16,18,19). The van der Waals surface area contributed by atoms with Crippen LogP contribution in [0.15, 0.2) is 24.3 Å². The molecule has 1 atom stereocenters. The maximum absolute atomic E-state index is 10.7. The van der Waals surface area contributed by atoms with Crippen molar-refractivity contribution >= 4 is 11.7 Å². The van der Waals surface area contributed by atoms with E-state index in [1.807, 2.05) is 24.3 Å². The fourth-order valence-corrected chi connectivity index (χ4v) is 1.94. The summed E-state index contributed by atoms with van der Waals surface area (Å²) >= 11 is 0. The minimum atomic E-state index is -0.535. The molecule has 106 valence electrons. The first-order valence-corrected chi connectivity index (χ1v) is 6.89. The number of primary amides is 1. The van der Waals surface area contributed by atoms with Crippen molar-refractivity contribution < 1.29 is 4.79 Å². The number of hydrogen-bond acceptors (Lipinski definition) is 2. The lowest BCUT2D eigenvalue weighted by molar-refractivity contribution is 0.259. The molecule has 0 heterocycles. The second kappa shape index (κ2) is 7.79. The summed E-state index contributed by atoms with van der Waals surface area (Å²) in [7, 11) is 0. The van der Waals surface area contributed by atoms with Gasteiger partial charge in [-0.15, -0.1) is 0 Å². The number of nitrogens with two attached hydrogens (primary N) is 1. The molecule has 0 aliphatic rings. The van der Waals surface area contributed by atoms with Gasteiger partial charge in [0.2, 0.25) is 0 Å². The number of carbonyl (C=O) groups excluding carboxylic acids is 1. The molecular weight excluding hydrogens is 238 g/mol. The molecule has 4 heteroatoms. The van der Waals surface area contributed by atoms with E-state index in [4.69, 9.17) is 5.73 Å². The fourth-order valence-electron chi connectivity index (χ4n) is 1.94. The summed E-state index contributed by atoms with van der Waals surface area (Å²) < 4.78 is 0. The molecule has 0 aromatic heterocycles. The van der Waals surface area contributed by atoms with Crippen LogP contribution >= 0.6 is 0 Å². The number of amides is 2. The molecule has 4 N–H and O–H groups in total. The van der Waals surface area contributed by atoms with E-state index in [1.165, 1.54) is 18.4 Å². The number of rotatable bonds is 7. The van der Waals surface area contributed by atoms with Crippen molar-refractivity contribution in [3.63, 3.8) is 0 Å². The van der Waals surface area contributed by atoms with Gasteiger partial charge < -0.3 is 16.4 Å². The topological polar surface area (TPSA) is 67.2 Å². The Labute approximate surface area is 115 Å². The highest BCUT2D eigenvalue weighted by Gasteiger charge is 2.05. The zero-order valence-electron chi connectivity index (χ0n) is 12.1.